The molecule has 0 aliphatic heterocycles. The van der Waals surface area contributed by atoms with Crippen molar-refractivity contribution in [2.45, 2.75) is 31.0 Å². The molecule has 0 radical (unpaired) electrons. The van der Waals surface area contributed by atoms with Gasteiger partial charge < -0.3 is 5.32 Å². The summed E-state index contributed by atoms with van der Waals surface area (Å²) in [5.74, 6) is -0.847. The van der Waals surface area contributed by atoms with Gasteiger partial charge in [0, 0.05) is 28.2 Å². The summed E-state index contributed by atoms with van der Waals surface area (Å²) in [7, 11) is 0. The first-order valence-electron chi connectivity index (χ1n) is 7.55. The Bertz CT molecular complexity index is 811. The summed E-state index contributed by atoms with van der Waals surface area (Å²) in [6.45, 7) is 0. The summed E-state index contributed by atoms with van der Waals surface area (Å²) in [6.07, 6.45) is -2.23. The molecule has 1 unspecified atom stereocenters. The van der Waals surface area contributed by atoms with Crippen LogP contribution in [0.5, 0.6) is 0 Å². The van der Waals surface area contributed by atoms with E-state index in [-0.39, 0.29) is 12.0 Å². The van der Waals surface area contributed by atoms with Crippen LogP contribution >= 0.6 is 23.2 Å². The highest BCUT2D eigenvalue weighted by Gasteiger charge is 2.39. The van der Waals surface area contributed by atoms with E-state index in [1.54, 1.807) is 18.2 Å². The van der Waals surface area contributed by atoms with Gasteiger partial charge in [-0.25, -0.2) is 0 Å². The van der Waals surface area contributed by atoms with Gasteiger partial charge in [0.15, 0.2) is 5.69 Å². The van der Waals surface area contributed by atoms with Crippen LogP contribution in [-0.4, -0.2) is 16.9 Å². The third kappa shape index (κ3) is 3.75. The van der Waals surface area contributed by atoms with Gasteiger partial charge in [-0.1, -0.05) is 29.3 Å². The number of benzene rings is 1. The molecule has 0 saturated heterocycles. The monoisotopic (exact) mass is 388 g/mol. The molecule has 0 spiro atoms. The van der Waals surface area contributed by atoms with E-state index in [1.165, 1.54) is 6.07 Å². The Morgan fingerprint density at radius 3 is 2.56 bits per heavy atom. The Morgan fingerprint density at radius 2 is 1.96 bits per heavy atom. The molecule has 2 atom stereocenters. The van der Waals surface area contributed by atoms with E-state index in [9.17, 15) is 18.0 Å². The second kappa shape index (κ2) is 6.84. The molecule has 0 bridgehead atoms. The number of carbonyl (C=O) groups is 1. The second-order valence-electron chi connectivity index (χ2n) is 5.83. The number of halogens is 5. The van der Waals surface area contributed by atoms with Crippen LogP contribution in [0.15, 0.2) is 36.5 Å². The predicted molar refractivity (Wildman–Crippen MR) is 88.9 cm³/mol. The van der Waals surface area contributed by atoms with Crippen LogP contribution in [0.1, 0.15) is 40.4 Å². The number of aromatic nitrogens is 1. The molecular weight excluding hydrogens is 376 g/mol. The van der Waals surface area contributed by atoms with Gasteiger partial charge in [-0.15, -0.1) is 0 Å². The zero-order valence-electron chi connectivity index (χ0n) is 12.8. The van der Waals surface area contributed by atoms with E-state index in [1.807, 2.05) is 0 Å². The summed E-state index contributed by atoms with van der Waals surface area (Å²) >= 11 is 12.1. The number of pyridine rings is 1. The third-order valence-electron chi connectivity index (χ3n) is 4.27. The van der Waals surface area contributed by atoms with Crippen molar-refractivity contribution in [1.82, 2.24) is 10.3 Å². The highest BCUT2D eigenvalue weighted by Crippen LogP contribution is 2.41. The molecule has 25 heavy (non-hydrogen) atoms. The molecule has 2 aromatic rings. The Labute approximate surface area is 152 Å². The maximum atomic E-state index is 13.0. The van der Waals surface area contributed by atoms with Gasteiger partial charge in [0.2, 0.25) is 0 Å². The lowest BCUT2D eigenvalue weighted by Gasteiger charge is -2.38. The van der Waals surface area contributed by atoms with Crippen LogP contribution < -0.4 is 5.32 Å². The van der Waals surface area contributed by atoms with Crippen molar-refractivity contribution in [3.63, 3.8) is 0 Å². The van der Waals surface area contributed by atoms with Crippen LogP contribution in [0.2, 0.25) is 10.0 Å². The predicted octanol–water partition coefficient (Wildman–Crippen LogP) is 5.08. The summed E-state index contributed by atoms with van der Waals surface area (Å²) in [6, 6.07) is 7.22. The van der Waals surface area contributed by atoms with Crippen LogP contribution in [0, 0.1) is 0 Å². The maximum absolute atomic E-state index is 13.0. The molecule has 3 nitrogen and oxygen atoms in total. The fourth-order valence-corrected chi connectivity index (χ4v) is 3.46. The molecule has 1 aliphatic carbocycles. The minimum atomic E-state index is -4.69. The standard InChI is InChI=1S/C17H13Cl2F3N2O/c18-9-3-4-10(13(19)8-9)11-5-6-14(11)24-16(25)12-2-1-7-23-15(12)17(20,21)22/h1-4,7-8,11,14H,5-6H2,(H,24,25)/t11?,14-/m1/s1. The van der Waals surface area contributed by atoms with Crippen molar-refractivity contribution in [3.8, 4) is 0 Å². The van der Waals surface area contributed by atoms with E-state index in [2.05, 4.69) is 10.3 Å². The zero-order valence-corrected chi connectivity index (χ0v) is 14.3. The van der Waals surface area contributed by atoms with Gasteiger partial charge in [-0.05, 0) is 42.7 Å². The maximum Gasteiger partial charge on any atom is 0.434 e. The number of carbonyl (C=O) groups excluding carboxylic acids is 1. The lowest BCUT2D eigenvalue weighted by Crippen LogP contribution is -2.46. The van der Waals surface area contributed by atoms with Gasteiger partial charge in [-0.2, -0.15) is 13.2 Å². The Hall–Kier alpha value is -1.79. The minimum Gasteiger partial charge on any atom is -0.349 e. The lowest BCUT2D eigenvalue weighted by atomic mass is 9.75. The smallest absolute Gasteiger partial charge is 0.349 e. The van der Waals surface area contributed by atoms with E-state index in [4.69, 9.17) is 23.2 Å². The average Bonchev–Trinajstić information content (AvgIpc) is 2.53. The fourth-order valence-electron chi connectivity index (χ4n) is 2.91. The molecule has 1 amide bonds. The van der Waals surface area contributed by atoms with Crippen molar-refractivity contribution in [1.29, 1.82) is 0 Å². The van der Waals surface area contributed by atoms with E-state index in [0.717, 1.165) is 24.2 Å². The SMILES string of the molecule is O=C(N[C@@H]1CCC1c1ccc(Cl)cc1Cl)c1cccnc1C(F)(F)F. The van der Waals surface area contributed by atoms with Crippen molar-refractivity contribution in [3.05, 3.63) is 63.4 Å². The van der Waals surface area contributed by atoms with E-state index >= 15 is 0 Å². The number of hydrogen-bond donors (Lipinski definition) is 1. The van der Waals surface area contributed by atoms with Gasteiger partial charge >= 0.3 is 6.18 Å². The van der Waals surface area contributed by atoms with Gasteiger partial charge in [0.1, 0.15) is 0 Å². The molecule has 1 N–H and O–H groups in total. The number of nitrogens with zero attached hydrogens (tertiary/aromatic N) is 1. The van der Waals surface area contributed by atoms with Crippen molar-refractivity contribution < 1.29 is 18.0 Å². The molecule has 1 saturated carbocycles. The minimum absolute atomic E-state index is 0.0558. The zero-order chi connectivity index (χ0) is 18.2. The number of amides is 1. The van der Waals surface area contributed by atoms with Gasteiger partial charge in [0.25, 0.3) is 5.91 Å². The highest BCUT2D eigenvalue weighted by atomic mass is 35.5. The lowest BCUT2D eigenvalue weighted by molar-refractivity contribution is -0.141. The van der Waals surface area contributed by atoms with Gasteiger partial charge in [-0.3, -0.25) is 9.78 Å². The molecule has 1 heterocycles. The van der Waals surface area contributed by atoms with E-state index in [0.29, 0.717) is 16.5 Å². The second-order valence-corrected chi connectivity index (χ2v) is 6.67. The van der Waals surface area contributed by atoms with E-state index < -0.39 is 23.3 Å². The Kier molecular flexibility index (Phi) is 4.93. The molecule has 1 fully saturated rings. The molecular formula is C17H13Cl2F3N2O. The summed E-state index contributed by atoms with van der Waals surface area (Å²) in [5.41, 5.74) is -0.847. The van der Waals surface area contributed by atoms with Crippen LogP contribution in [0.25, 0.3) is 0 Å². The third-order valence-corrected chi connectivity index (χ3v) is 4.84. The molecule has 1 aromatic carbocycles. The van der Waals surface area contributed by atoms with Crippen LogP contribution in [0.4, 0.5) is 13.2 Å². The fraction of sp³-hybridized carbons (Fsp3) is 0.294. The first-order chi connectivity index (χ1) is 11.8. The van der Waals surface area contributed by atoms with Gasteiger partial charge in [0.05, 0.1) is 5.56 Å². The summed E-state index contributed by atoms with van der Waals surface area (Å²) in [4.78, 5) is 15.6. The summed E-state index contributed by atoms with van der Waals surface area (Å²) < 4.78 is 39.0. The van der Waals surface area contributed by atoms with Crippen molar-refractivity contribution >= 4 is 29.1 Å². The first kappa shape index (κ1) is 18.0. The Morgan fingerprint density at radius 1 is 1.20 bits per heavy atom. The normalized spacial score (nSPS) is 20.0. The first-order valence-corrected chi connectivity index (χ1v) is 8.31. The number of nitrogens with one attached hydrogen (secondary N) is 1. The number of hydrogen-bond acceptors (Lipinski definition) is 2. The molecule has 132 valence electrons. The molecule has 3 rings (SSSR count). The van der Waals surface area contributed by atoms with Crippen molar-refractivity contribution in [2.24, 2.45) is 0 Å². The highest BCUT2D eigenvalue weighted by molar-refractivity contribution is 6.35. The average molecular weight is 389 g/mol. The largest absolute Gasteiger partial charge is 0.434 e. The molecule has 8 heteroatoms. The summed E-state index contributed by atoms with van der Waals surface area (Å²) in [5, 5.41) is 3.64. The van der Waals surface area contributed by atoms with Crippen molar-refractivity contribution in [2.75, 3.05) is 0 Å². The molecule has 1 aliphatic rings. The van der Waals surface area contributed by atoms with Crippen LogP contribution in [0.3, 0.4) is 0 Å². The topological polar surface area (TPSA) is 42.0 Å². The van der Waals surface area contributed by atoms with Crippen LogP contribution in [-0.2, 0) is 6.18 Å². The number of alkyl halides is 3. The quantitative estimate of drug-likeness (QED) is 0.795. The Balaban J connectivity index is 1.78. The molecule has 1 aromatic heterocycles. The number of rotatable bonds is 3.